The molecule has 78 valence electrons. The van der Waals surface area contributed by atoms with E-state index in [0.29, 0.717) is 5.41 Å². The molecule has 0 unspecified atom stereocenters. The van der Waals surface area contributed by atoms with Crippen LogP contribution in [0.25, 0.3) is 0 Å². The summed E-state index contributed by atoms with van der Waals surface area (Å²) in [5.41, 5.74) is 6.28. The van der Waals surface area contributed by atoms with E-state index in [1.54, 1.807) is 0 Å². The van der Waals surface area contributed by atoms with Gasteiger partial charge in [-0.2, -0.15) is 0 Å². The molecule has 0 bridgehead atoms. The number of likely N-dealkylation sites (tertiary alicyclic amines) is 1. The minimum atomic E-state index is 0.560. The van der Waals surface area contributed by atoms with Crippen molar-refractivity contribution in [1.29, 1.82) is 0 Å². The van der Waals surface area contributed by atoms with Crippen LogP contribution < -0.4 is 5.73 Å². The molecule has 1 heterocycles. The highest BCUT2D eigenvalue weighted by atomic mass is 15.1. The summed E-state index contributed by atoms with van der Waals surface area (Å²) >= 11 is 0. The van der Waals surface area contributed by atoms with Crippen molar-refractivity contribution < 1.29 is 0 Å². The summed E-state index contributed by atoms with van der Waals surface area (Å²) in [5.74, 6) is 0. The fraction of sp³-hybridized carbons (Fsp3) is 1.00. The fourth-order valence-electron chi connectivity index (χ4n) is 2.02. The van der Waals surface area contributed by atoms with Gasteiger partial charge in [0.15, 0.2) is 0 Å². The third kappa shape index (κ3) is 2.96. The number of rotatable bonds is 3. The van der Waals surface area contributed by atoms with Crippen molar-refractivity contribution in [2.45, 2.75) is 39.5 Å². The zero-order valence-corrected chi connectivity index (χ0v) is 9.18. The Morgan fingerprint density at radius 3 is 2.08 bits per heavy atom. The lowest BCUT2D eigenvalue weighted by molar-refractivity contribution is 0.268. The predicted octanol–water partition coefficient (Wildman–Crippen LogP) is 1.85. The standard InChI is InChI=1S/C9H18N2.C2H6/c10-7-9(3-4-9)8-11-5-1-2-6-11;1-2/h1-8,10H2;1-2H3. The van der Waals surface area contributed by atoms with Crippen molar-refractivity contribution in [2.24, 2.45) is 11.1 Å². The van der Waals surface area contributed by atoms with E-state index in [-0.39, 0.29) is 0 Å². The second kappa shape index (κ2) is 4.97. The fourth-order valence-corrected chi connectivity index (χ4v) is 2.02. The van der Waals surface area contributed by atoms with Crippen LogP contribution in [0.1, 0.15) is 39.5 Å². The van der Waals surface area contributed by atoms with Crippen molar-refractivity contribution in [3.8, 4) is 0 Å². The van der Waals surface area contributed by atoms with Crippen LogP contribution in [-0.4, -0.2) is 31.1 Å². The van der Waals surface area contributed by atoms with Crippen LogP contribution in [0.3, 0.4) is 0 Å². The maximum absolute atomic E-state index is 5.72. The first kappa shape index (κ1) is 11.0. The van der Waals surface area contributed by atoms with Gasteiger partial charge in [0.2, 0.25) is 0 Å². The van der Waals surface area contributed by atoms with Gasteiger partial charge in [0.25, 0.3) is 0 Å². The molecule has 0 atom stereocenters. The quantitative estimate of drug-likeness (QED) is 0.725. The van der Waals surface area contributed by atoms with Crippen LogP contribution in [0, 0.1) is 5.41 Å². The summed E-state index contributed by atoms with van der Waals surface area (Å²) in [6, 6.07) is 0. The van der Waals surface area contributed by atoms with Gasteiger partial charge in [-0.15, -0.1) is 0 Å². The first-order valence-electron chi connectivity index (χ1n) is 5.77. The van der Waals surface area contributed by atoms with Crippen LogP contribution in [0.5, 0.6) is 0 Å². The molecule has 1 aliphatic heterocycles. The second-order valence-corrected chi connectivity index (χ2v) is 4.19. The van der Waals surface area contributed by atoms with Crippen LogP contribution in [0.2, 0.25) is 0 Å². The molecule has 2 aliphatic rings. The highest BCUT2D eigenvalue weighted by Gasteiger charge is 2.42. The van der Waals surface area contributed by atoms with E-state index in [4.69, 9.17) is 5.73 Å². The minimum absolute atomic E-state index is 0.560. The lowest BCUT2D eigenvalue weighted by Crippen LogP contribution is -2.32. The average Bonchev–Trinajstić information content (AvgIpc) is 2.77. The molecule has 2 heteroatoms. The second-order valence-electron chi connectivity index (χ2n) is 4.19. The van der Waals surface area contributed by atoms with E-state index in [1.807, 2.05) is 13.8 Å². The largest absolute Gasteiger partial charge is 0.330 e. The van der Waals surface area contributed by atoms with E-state index >= 15 is 0 Å². The van der Waals surface area contributed by atoms with Gasteiger partial charge in [-0.3, -0.25) is 0 Å². The molecule has 2 fully saturated rings. The molecule has 0 aromatic rings. The Morgan fingerprint density at radius 2 is 1.69 bits per heavy atom. The van der Waals surface area contributed by atoms with Crippen LogP contribution in [-0.2, 0) is 0 Å². The van der Waals surface area contributed by atoms with E-state index in [9.17, 15) is 0 Å². The summed E-state index contributed by atoms with van der Waals surface area (Å²) in [4.78, 5) is 2.58. The van der Waals surface area contributed by atoms with Gasteiger partial charge in [0.1, 0.15) is 0 Å². The summed E-state index contributed by atoms with van der Waals surface area (Å²) in [7, 11) is 0. The molecule has 1 aliphatic carbocycles. The number of hydrogen-bond donors (Lipinski definition) is 1. The van der Waals surface area contributed by atoms with Gasteiger partial charge in [-0.25, -0.2) is 0 Å². The Bertz CT molecular complexity index is 135. The highest BCUT2D eigenvalue weighted by Crippen LogP contribution is 2.45. The zero-order chi connectivity index (χ0) is 9.73. The molecular formula is C11H24N2. The van der Waals surface area contributed by atoms with Gasteiger partial charge in [0.05, 0.1) is 0 Å². The molecule has 2 rings (SSSR count). The molecule has 1 saturated carbocycles. The normalized spacial score (nSPS) is 25.2. The lowest BCUT2D eigenvalue weighted by atomic mass is 10.1. The third-order valence-electron chi connectivity index (χ3n) is 3.15. The monoisotopic (exact) mass is 184 g/mol. The van der Waals surface area contributed by atoms with E-state index in [0.717, 1.165) is 6.54 Å². The molecule has 0 aromatic heterocycles. The van der Waals surface area contributed by atoms with Gasteiger partial charge >= 0.3 is 0 Å². The Labute approximate surface area is 82.5 Å². The van der Waals surface area contributed by atoms with E-state index in [1.165, 1.54) is 45.3 Å². The molecule has 0 spiro atoms. The van der Waals surface area contributed by atoms with Gasteiger partial charge in [0, 0.05) is 6.54 Å². The maximum Gasteiger partial charge on any atom is 0.00501 e. The number of hydrogen-bond acceptors (Lipinski definition) is 2. The molecule has 2 nitrogen and oxygen atoms in total. The summed E-state index contributed by atoms with van der Waals surface area (Å²) < 4.78 is 0. The molecule has 1 saturated heterocycles. The number of nitrogens with zero attached hydrogens (tertiary/aromatic N) is 1. The average molecular weight is 184 g/mol. The molecule has 2 N–H and O–H groups in total. The van der Waals surface area contributed by atoms with Crippen LogP contribution in [0.4, 0.5) is 0 Å². The van der Waals surface area contributed by atoms with Gasteiger partial charge < -0.3 is 10.6 Å². The van der Waals surface area contributed by atoms with Crippen molar-refractivity contribution in [3.05, 3.63) is 0 Å². The highest BCUT2D eigenvalue weighted by molar-refractivity contribution is 4.96. The molecule has 0 radical (unpaired) electrons. The van der Waals surface area contributed by atoms with E-state index < -0.39 is 0 Å². The first-order valence-corrected chi connectivity index (χ1v) is 5.77. The lowest BCUT2D eigenvalue weighted by Gasteiger charge is -2.21. The molecule has 0 aromatic carbocycles. The first-order chi connectivity index (χ1) is 6.35. The van der Waals surface area contributed by atoms with Crippen molar-refractivity contribution >= 4 is 0 Å². The van der Waals surface area contributed by atoms with Gasteiger partial charge in [-0.05, 0) is 50.7 Å². The molecular weight excluding hydrogens is 160 g/mol. The topological polar surface area (TPSA) is 29.3 Å². The molecule has 13 heavy (non-hydrogen) atoms. The summed E-state index contributed by atoms with van der Waals surface area (Å²) in [6.45, 7) is 8.83. The Morgan fingerprint density at radius 1 is 1.15 bits per heavy atom. The van der Waals surface area contributed by atoms with Crippen LogP contribution >= 0.6 is 0 Å². The van der Waals surface area contributed by atoms with Crippen molar-refractivity contribution in [3.63, 3.8) is 0 Å². The Kier molecular flexibility index (Phi) is 4.20. The van der Waals surface area contributed by atoms with Crippen LogP contribution in [0.15, 0.2) is 0 Å². The SMILES string of the molecule is CC.NCC1(CN2CCCC2)CC1. The molecule has 0 amide bonds. The summed E-state index contributed by atoms with van der Waals surface area (Å²) in [5, 5.41) is 0. The third-order valence-corrected chi connectivity index (χ3v) is 3.15. The van der Waals surface area contributed by atoms with Crippen molar-refractivity contribution in [1.82, 2.24) is 4.90 Å². The van der Waals surface area contributed by atoms with E-state index in [2.05, 4.69) is 4.90 Å². The zero-order valence-electron chi connectivity index (χ0n) is 9.18. The predicted molar refractivity (Wildman–Crippen MR) is 57.7 cm³/mol. The summed E-state index contributed by atoms with van der Waals surface area (Å²) in [6.07, 6.45) is 5.56. The minimum Gasteiger partial charge on any atom is -0.330 e. The number of nitrogens with two attached hydrogens (primary N) is 1. The Balaban J connectivity index is 0.000000396. The van der Waals surface area contributed by atoms with Gasteiger partial charge in [-0.1, -0.05) is 13.8 Å². The van der Waals surface area contributed by atoms with Crippen molar-refractivity contribution in [2.75, 3.05) is 26.2 Å². The maximum atomic E-state index is 5.72. The Hall–Kier alpha value is -0.0800. The smallest absolute Gasteiger partial charge is 0.00501 e.